The molecule has 0 saturated heterocycles. The summed E-state index contributed by atoms with van der Waals surface area (Å²) in [6.45, 7) is 7.87. The second-order valence-electron chi connectivity index (χ2n) is 5.50. The van der Waals surface area contributed by atoms with Gasteiger partial charge in [0.1, 0.15) is 5.75 Å². The van der Waals surface area contributed by atoms with Gasteiger partial charge in [-0.3, -0.25) is 9.59 Å². The number of methoxy groups -OCH3 is 1. The average molecular weight is 355 g/mol. The molecule has 0 spiro atoms. The van der Waals surface area contributed by atoms with Crippen LogP contribution in [0.2, 0.25) is 5.02 Å². The Hall–Kier alpha value is -1.59. The normalized spacial score (nSPS) is 10.7. The smallest absolute Gasteiger partial charge is 0.220 e. The van der Waals surface area contributed by atoms with E-state index >= 15 is 0 Å². The van der Waals surface area contributed by atoms with Gasteiger partial charge in [-0.1, -0.05) is 25.4 Å². The highest BCUT2D eigenvalue weighted by Crippen LogP contribution is 2.24. The van der Waals surface area contributed by atoms with Crippen LogP contribution in [0.5, 0.6) is 5.75 Å². The summed E-state index contributed by atoms with van der Waals surface area (Å²) in [6, 6.07) is 4.90. The van der Waals surface area contributed by atoms with Crippen LogP contribution in [0, 0.1) is 0 Å². The molecule has 1 aromatic rings. The Balaban J connectivity index is 2.36. The molecule has 24 heavy (non-hydrogen) atoms. The van der Waals surface area contributed by atoms with Crippen molar-refractivity contribution >= 4 is 23.3 Å². The van der Waals surface area contributed by atoms with Crippen LogP contribution in [-0.2, 0) is 4.79 Å². The van der Waals surface area contributed by atoms with Crippen molar-refractivity contribution < 1.29 is 14.3 Å². The number of hydrogen-bond acceptors (Lipinski definition) is 4. The van der Waals surface area contributed by atoms with E-state index in [0.29, 0.717) is 22.9 Å². The molecule has 1 N–H and O–H groups in total. The second kappa shape index (κ2) is 11.0. The van der Waals surface area contributed by atoms with E-state index in [0.717, 1.165) is 26.1 Å². The van der Waals surface area contributed by atoms with Gasteiger partial charge in [-0.25, -0.2) is 0 Å². The number of rotatable bonds is 11. The van der Waals surface area contributed by atoms with Crippen LogP contribution >= 0.6 is 11.6 Å². The number of halogens is 1. The summed E-state index contributed by atoms with van der Waals surface area (Å²) in [5, 5.41) is 3.33. The number of nitrogens with zero attached hydrogens (tertiary/aromatic N) is 1. The lowest BCUT2D eigenvalue weighted by molar-refractivity contribution is -0.121. The highest BCUT2D eigenvalue weighted by molar-refractivity contribution is 6.31. The van der Waals surface area contributed by atoms with Crippen LogP contribution < -0.4 is 10.1 Å². The largest absolute Gasteiger partial charge is 0.496 e. The lowest BCUT2D eigenvalue weighted by atomic mass is 10.1. The van der Waals surface area contributed by atoms with E-state index in [1.165, 1.54) is 7.11 Å². The first-order valence-electron chi connectivity index (χ1n) is 8.37. The quantitative estimate of drug-likeness (QED) is 0.490. The van der Waals surface area contributed by atoms with Crippen LogP contribution in [0.15, 0.2) is 18.2 Å². The first-order chi connectivity index (χ1) is 11.5. The Labute approximate surface area is 149 Å². The summed E-state index contributed by atoms with van der Waals surface area (Å²) in [4.78, 5) is 26.4. The van der Waals surface area contributed by atoms with E-state index < -0.39 is 0 Å². The molecule has 0 radical (unpaired) electrons. The molecule has 0 heterocycles. The lowest BCUT2D eigenvalue weighted by Crippen LogP contribution is -2.30. The zero-order chi connectivity index (χ0) is 17.9. The number of carbonyl (C=O) groups excluding carboxylic acids is 2. The summed E-state index contributed by atoms with van der Waals surface area (Å²) in [6.07, 6.45) is 1.21. The molecule has 1 amide bonds. The monoisotopic (exact) mass is 354 g/mol. The van der Waals surface area contributed by atoms with Gasteiger partial charge in [-0.15, -0.1) is 0 Å². The number of benzene rings is 1. The van der Waals surface area contributed by atoms with Crippen molar-refractivity contribution in [2.45, 2.75) is 33.1 Å². The number of hydrogen-bond donors (Lipinski definition) is 1. The van der Waals surface area contributed by atoms with Crippen molar-refractivity contribution in [3.63, 3.8) is 0 Å². The minimum atomic E-state index is -0.146. The van der Waals surface area contributed by atoms with Gasteiger partial charge >= 0.3 is 0 Å². The van der Waals surface area contributed by atoms with Crippen LogP contribution in [0.3, 0.4) is 0 Å². The molecule has 0 fully saturated rings. The average Bonchev–Trinajstić information content (AvgIpc) is 2.59. The molecule has 6 heteroatoms. The molecule has 0 bridgehead atoms. The lowest BCUT2D eigenvalue weighted by Gasteiger charge is -2.17. The fourth-order valence-electron chi connectivity index (χ4n) is 2.42. The molecule has 0 aliphatic rings. The van der Waals surface area contributed by atoms with Gasteiger partial charge in [0.25, 0.3) is 0 Å². The molecule has 0 atom stereocenters. The summed E-state index contributed by atoms with van der Waals surface area (Å²) in [7, 11) is 1.50. The molecule has 0 aliphatic carbocycles. The minimum Gasteiger partial charge on any atom is -0.496 e. The molecule has 1 aromatic carbocycles. The molecule has 5 nitrogen and oxygen atoms in total. The van der Waals surface area contributed by atoms with Crippen molar-refractivity contribution in [1.82, 2.24) is 10.2 Å². The third-order valence-corrected chi connectivity index (χ3v) is 4.14. The van der Waals surface area contributed by atoms with E-state index in [1.807, 2.05) is 0 Å². The third-order valence-electron chi connectivity index (χ3n) is 3.91. The standard InChI is InChI=1S/C18H27ClN2O3/c1-4-21(5-2)12-6-11-20-18(23)10-8-16(22)15-13-14(19)7-9-17(15)24-3/h7,9,13H,4-6,8,10-12H2,1-3H3,(H,20,23). The highest BCUT2D eigenvalue weighted by Gasteiger charge is 2.14. The van der Waals surface area contributed by atoms with Crippen LogP contribution in [0.4, 0.5) is 0 Å². The van der Waals surface area contributed by atoms with Crippen LogP contribution in [0.1, 0.15) is 43.5 Å². The van der Waals surface area contributed by atoms with Crippen molar-refractivity contribution in [2.24, 2.45) is 0 Å². The maximum atomic E-state index is 12.3. The van der Waals surface area contributed by atoms with Crippen LogP contribution in [-0.4, -0.2) is 49.9 Å². The summed E-state index contributed by atoms with van der Waals surface area (Å²) >= 11 is 5.92. The van der Waals surface area contributed by atoms with E-state index in [1.54, 1.807) is 18.2 Å². The zero-order valence-electron chi connectivity index (χ0n) is 14.7. The van der Waals surface area contributed by atoms with Gasteiger partial charge in [0.05, 0.1) is 12.7 Å². The SMILES string of the molecule is CCN(CC)CCCNC(=O)CCC(=O)c1cc(Cl)ccc1OC. The highest BCUT2D eigenvalue weighted by atomic mass is 35.5. The molecular weight excluding hydrogens is 328 g/mol. The molecule has 1 rings (SSSR count). The second-order valence-corrected chi connectivity index (χ2v) is 5.93. The molecule has 0 unspecified atom stereocenters. The van der Waals surface area contributed by atoms with Gasteiger partial charge in [0, 0.05) is 24.4 Å². The number of carbonyl (C=O) groups is 2. The number of ketones is 1. The number of nitrogens with one attached hydrogen (secondary N) is 1. The molecule has 134 valence electrons. The number of amides is 1. The third kappa shape index (κ3) is 6.89. The topological polar surface area (TPSA) is 58.6 Å². The first-order valence-corrected chi connectivity index (χ1v) is 8.75. The Bertz CT molecular complexity index is 545. The van der Waals surface area contributed by atoms with Crippen molar-refractivity contribution in [3.05, 3.63) is 28.8 Å². The zero-order valence-corrected chi connectivity index (χ0v) is 15.5. The molecule has 0 saturated carbocycles. The summed E-state index contributed by atoms with van der Waals surface area (Å²) < 4.78 is 5.17. The Morgan fingerprint density at radius 1 is 1.21 bits per heavy atom. The Morgan fingerprint density at radius 2 is 1.92 bits per heavy atom. The number of Topliss-reactive ketones (excluding diaryl/α,β-unsaturated/α-hetero) is 1. The maximum Gasteiger partial charge on any atom is 0.220 e. The number of ether oxygens (including phenoxy) is 1. The van der Waals surface area contributed by atoms with E-state index in [2.05, 4.69) is 24.1 Å². The first kappa shape index (κ1) is 20.5. The van der Waals surface area contributed by atoms with E-state index in [-0.39, 0.29) is 24.5 Å². The Morgan fingerprint density at radius 3 is 2.54 bits per heavy atom. The van der Waals surface area contributed by atoms with Gasteiger partial charge in [0.2, 0.25) is 5.91 Å². The van der Waals surface area contributed by atoms with Crippen molar-refractivity contribution in [1.29, 1.82) is 0 Å². The molecule has 0 aliphatic heterocycles. The minimum absolute atomic E-state index is 0.108. The van der Waals surface area contributed by atoms with Gasteiger partial charge in [0.15, 0.2) is 5.78 Å². The van der Waals surface area contributed by atoms with Gasteiger partial charge in [-0.2, -0.15) is 0 Å². The maximum absolute atomic E-state index is 12.3. The Kier molecular flexibility index (Phi) is 9.42. The van der Waals surface area contributed by atoms with Gasteiger partial charge in [-0.05, 0) is 44.3 Å². The summed E-state index contributed by atoms with van der Waals surface area (Å²) in [5.41, 5.74) is 0.416. The van der Waals surface area contributed by atoms with E-state index in [9.17, 15) is 9.59 Å². The summed E-state index contributed by atoms with van der Waals surface area (Å²) in [5.74, 6) is 0.223. The van der Waals surface area contributed by atoms with E-state index in [4.69, 9.17) is 16.3 Å². The van der Waals surface area contributed by atoms with Gasteiger partial charge < -0.3 is 15.0 Å². The molecular formula is C18H27ClN2O3. The fourth-order valence-corrected chi connectivity index (χ4v) is 2.59. The predicted octanol–water partition coefficient (Wildman–Crippen LogP) is 3.16. The fraction of sp³-hybridized carbons (Fsp3) is 0.556. The molecule has 0 aromatic heterocycles. The van der Waals surface area contributed by atoms with Crippen molar-refractivity contribution in [3.8, 4) is 5.75 Å². The van der Waals surface area contributed by atoms with Crippen molar-refractivity contribution in [2.75, 3.05) is 33.3 Å². The van der Waals surface area contributed by atoms with Crippen LogP contribution in [0.25, 0.3) is 0 Å². The predicted molar refractivity (Wildman–Crippen MR) is 97.0 cm³/mol.